The topological polar surface area (TPSA) is 21.3 Å². The molecule has 2 unspecified atom stereocenters. The third-order valence-corrected chi connectivity index (χ3v) is 4.36. The molecule has 104 valence electrons. The molecule has 0 bridgehead atoms. The van der Waals surface area contributed by atoms with E-state index in [4.69, 9.17) is 4.74 Å². The first-order chi connectivity index (χ1) is 9.83. The standard InChI is InChI=1S/C17H18BrNO/c18-15-8-4-5-9-17(15)20-14-10-11-16(19-12-14)13-6-2-1-3-7-13/h1-9,14,16,19H,10-12H2. The van der Waals surface area contributed by atoms with Crippen molar-refractivity contribution in [3.05, 3.63) is 64.6 Å². The Labute approximate surface area is 128 Å². The summed E-state index contributed by atoms with van der Waals surface area (Å²) < 4.78 is 7.08. The van der Waals surface area contributed by atoms with Crippen molar-refractivity contribution in [2.45, 2.75) is 25.0 Å². The van der Waals surface area contributed by atoms with Crippen LogP contribution in [0.1, 0.15) is 24.4 Å². The van der Waals surface area contributed by atoms with Crippen LogP contribution < -0.4 is 10.1 Å². The lowest BCUT2D eigenvalue weighted by Gasteiger charge is -2.30. The molecule has 0 aromatic heterocycles. The minimum absolute atomic E-state index is 0.244. The summed E-state index contributed by atoms with van der Waals surface area (Å²) in [7, 11) is 0. The summed E-state index contributed by atoms with van der Waals surface area (Å²) >= 11 is 3.53. The largest absolute Gasteiger partial charge is 0.488 e. The van der Waals surface area contributed by atoms with Crippen molar-refractivity contribution in [2.24, 2.45) is 0 Å². The smallest absolute Gasteiger partial charge is 0.133 e. The Bertz CT molecular complexity index is 550. The Morgan fingerprint density at radius 1 is 0.950 bits per heavy atom. The van der Waals surface area contributed by atoms with E-state index in [-0.39, 0.29) is 6.10 Å². The highest BCUT2D eigenvalue weighted by atomic mass is 79.9. The molecule has 0 amide bonds. The fraction of sp³-hybridized carbons (Fsp3) is 0.294. The van der Waals surface area contributed by atoms with Gasteiger partial charge in [0.1, 0.15) is 11.9 Å². The van der Waals surface area contributed by atoms with Gasteiger partial charge in [-0.3, -0.25) is 0 Å². The highest BCUT2D eigenvalue weighted by Gasteiger charge is 2.23. The number of halogens is 1. The van der Waals surface area contributed by atoms with E-state index < -0.39 is 0 Å². The van der Waals surface area contributed by atoms with Gasteiger partial charge in [0, 0.05) is 12.6 Å². The highest BCUT2D eigenvalue weighted by molar-refractivity contribution is 9.10. The summed E-state index contributed by atoms with van der Waals surface area (Å²) in [5.41, 5.74) is 1.37. The van der Waals surface area contributed by atoms with Gasteiger partial charge in [-0.15, -0.1) is 0 Å². The van der Waals surface area contributed by atoms with Crippen LogP contribution in [-0.4, -0.2) is 12.6 Å². The lowest BCUT2D eigenvalue weighted by molar-refractivity contribution is 0.148. The van der Waals surface area contributed by atoms with E-state index in [0.717, 1.165) is 29.6 Å². The highest BCUT2D eigenvalue weighted by Crippen LogP contribution is 2.28. The van der Waals surface area contributed by atoms with Crippen LogP contribution in [0.15, 0.2) is 59.1 Å². The van der Waals surface area contributed by atoms with Gasteiger partial charge >= 0.3 is 0 Å². The Kier molecular flexibility index (Phi) is 4.38. The molecule has 20 heavy (non-hydrogen) atoms. The Morgan fingerprint density at radius 2 is 1.70 bits per heavy atom. The van der Waals surface area contributed by atoms with Gasteiger partial charge in [0.05, 0.1) is 4.47 Å². The first-order valence-electron chi connectivity index (χ1n) is 7.02. The second-order valence-electron chi connectivity index (χ2n) is 5.12. The molecule has 2 nitrogen and oxygen atoms in total. The lowest BCUT2D eigenvalue weighted by Crippen LogP contribution is -2.39. The van der Waals surface area contributed by atoms with Gasteiger partial charge in [-0.1, -0.05) is 42.5 Å². The molecular weight excluding hydrogens is 314 g/mol. The molecule has 1 saturated heterocycles. The molecule has 3 rings (SSSR count). The molecule has 1 heterocycles. The third-order valence-electron chi connectivity index (χ3n) is 3.70. The van der Waals surface area contributed by atoms with Crippen LogP contribution in [0.3, 0.4) is 0 Å². The predicted molar refractivity (Wildman–Crippen MR) is 85.0 cm³/mol. The fourth-order valence-corrected chi connectivity index (χ4v) is 3.00. The number of ether oxygens (including phenoxy) is 1. The molecule has 1 fully saturated rings. The van der Waals surface area contributed by atoms with Gasteiger partial charge in [0.2, 0.25) is 0 Å². The number of para-hydroxylation sites is 1. The quantitative estimate of drug-likeness (QED) is 0.904. The Balaban J connectivity index is 1.58. The van der Waals surface area contributed by atoms with Crippen LogP contribution in [0.2, 0.25) is 0 Å². The molecule has 1 N–H and O–H groups in total. The number of benzene rings is 2. The van der Waals surface area contributed by atoms with Crippen molar-refractivity contribution in [1.29, 1.82) is 0 Å². The first-order valence-corrected chi connectivity index (χ1v) is 7.82. The van der Waals surface area contributed by atoms with Gasteiger partial charge < -0.3 is 10.1 Å². The van der Waals surface area contributed by atoms with Gasteiger partial charge in [-0.05, 0) is 46.5 Å². The molecule has 0 radical (unpaired) electrons. The van der Waals surface area contributed by atoms with Crippen LogP contribution in [0, 0.1) is 0 Å². The minimum atomic E-state index is 0.244. The van der Waals surface area contributed by atoms with Gasteiger partial charge in [0.15, 0.2) is 0 Å². The van der Waals surface area contributed by atoms with E-state index in [0.29, 0.717) is 6.04 Å². The number of hydrogen-bond acceptors (Lipinski definition) is 2. The number of piperidine rings is 1. The summed E-state index contributed by atoms with van der Waals surface area (Å²) in [6.07, 6.45) is 2.43. The SMILES string of the molecule is Brc1ccccc1OC1CCC(c2ccccc2)NC1. The van der Waals surface area contributed by atoms with Gasteiger partial charge in [-0.2, -0.15) is 0 Å². The zero-order valence-corrected chi connectivity index (χ0v) is 12.8. The van der Waals surface area contributed by atoms with Crippen LogP contribution in [-0.2, 0) is 0 Å². The molecule has 2 aromatic carbocycles. The van der Waals surface area contributed by atoms with E-state index in [1.807, 2.05) is 24.3 Å². The van der Waals surface area contributed by atoms with Crippen LogP contribution in [0.25, 0.3) is 0 Å². The van der Waals surface area contributed by atoms with E-state index in [2.05, 4.69) is 51.6 Å². The lowest BCUT2D eigenvalue weighted by atomic mass is 9.96. The summed E-state index contributed by atoms with van der Waals surface area (Å²) in [4.78, 5) is 0. The first kappa shape index (κ1) is 13.7. The predicted octanol–water partition coefficient (Wildman–Crippen LogP) is 4.32. The molecule has 0 saturated carbocycles. The van der Waals surface area contributed by atoms with E-state index in [1.165, 1.54) is 5.56 Å². The molecule has 1 aliphatic rings. The third kappa shape index (κ3) is 3.22. The minimum Gasteiger partial charge on any atom is -0.488 e. The molecule has 2 aromatic rings. The summed E-state index contributed by atoms with van der Waals surface area (Å²) in [6, 6.07) is 19.1. The number of nitrogens with one attached hydrogen (secondary N) is 1. The van der Waals surface area contributed by atoms with Crippen molar-refractivity contribution in [3.8, 4) is 5.75 Å². The molecule has 2 atom stereocenters. The average molecular weight is 332 g/mol. The maximum absolute atomic E-state index is 6.06. The van der Waals surface area contributed by atoms with Crippen LogP contribution >= 0.6 is 15.9 Å². The molecular formula is C17H18BrNO. The maximum Gasteiger partial charge on any atom is 0.133 e. The van der Waals surface area contributed by atoms with Crippen molar-refractivity contribution >= 4 is 15.9 Å². The van der Waals surface area contributed by atoms with Crippen molar-refractivity contribution in [2.75, 3.05) is 6.54 Å². The van der Waals surface area contributed by atoms with Gasteiger partial charge in [-0.25, -0.2) is 0 Å². The Morgan fingerprint density at radius 3 is 2.40 bits per heavy atom. The Hall–Kier alpha value is -1.32. The summed E-state index contributed by atoms with van der Waals surface area (Å²) in [5.74, 6) is 0.928. The fourth-order valence-electron chi connectivity index (χ4n) is 2.62. The van der Waals surface area contributed by atoms with Crippen LogP contribution in [0.4, 0.5) is 0 Å². The van der Waals surface area contributed by atoms with E-state index in [9.17, 15) is 0 Å². The normalized spacial score (nSPS) is 22.4. The zero-order chi connectivity index (χ0) is 13.8. The monoisotopic (exact) mass is 331 g/mol. The molecule has 0 aliphatic carbocycles. The zero-order valence-electron chi connectivity index (χ0n) is 11.3. The van der Waals surface area contributed by atoms with Crippen LogP contribution in [0.5, 0.6) is 5.75 Å². The molecule has 1 aliphatic heterocycles. The van der Waals surface area contributed by atoms with E-state index >= 15 is 0 Å². The van der Waals surface area contributed by atoms with Crippen molar-refractivity contribution in [3.63, 3.8) is 0 Å². The van der Waals surface area contributed by atoms with Crippen molar-refractivity contribution in [1.82, 2.24) is 5.32 Å². The average Bonchev–Trinajstić information content (AvgIpc) is 2.51. The summed E-state index contributed by atoms with van der Waals surface area (Å²) in [5, 5.41) is 3.58. The number of rotatable bonds is 3. The van der Waals surface area contributed by atoms with Crippen molar-refractivity contribution < 1.29 is 4.74 Å². The summed E-state index contributed by atoms with van der Waals surface area (Å²) in [6.45, 7) is 0.890. The second-order valence-corrected chi connectivity index (χ2v) is 5.97. The molecule has 0 spiro atoms. The van der Waals surface area contributed by atoms with Gasteiger partial charge in [0.25, 0.3) is 0 Å². The second kappa shape index (κ2) is 6.42. The maximum atomic E-state index is 6.06. The molecule has 3 heteroatoms. The van der Waals surface area contributed by atoms with E-state index in [1.54, 1.807) is 0 Å². The number of hydrogen-bond donors (Lipinski definition) is 1.